The average molecular weight is 991 g/mol. The molecule has 2 N–H and O–H groups in total. The van der Waals surface area contributed by atoms with Crippen molar-refractivity contribution in [3.8, 4) is 28.7 Å². The molecule has 0 saturated carbocycles. The van der Waals surface area contributed by atoms with Crippen LogP contribution in [0, 0.1) is 0 Å². The number of amides is 4. The molecule has 2 aliphatic rings. The highest BCUT2D eigenvalue weighted by Crippen LogP contribution is 2.40. The van der Waals surface area contributed by atoms with Gasteiger partial charge in [0.1, 0.15) is 41.6 Å². The van der Waals surface area contributed by atoms with Crippen LogP contribution in [0.1, 0.15) is 62.8 Å². The highest BCUT2D eigenvalue weighted by Gasteiger charge is 2.49. The fourth-order valence-corrected chi connectivity index (χ4v) is 8.75. The maximum absolute atomic E-state index is 13.7. The van der Waals surface area contributed by atoms with Crippen LogP contribution in [0.5, 0.6) is 28.7 Å². The summed E-state index contributed by atoms with van der Waals surface area (Å²) in [5, 5.41) is 9.38. The lowest BCUT2D eigenvalue weighted by atomic mass is 9.98. The van der Waals surface area contributed by atoms with Crippen molar-refractivity contribution in [2.24, 2.45) is 0 Å². The number of rotatable bonds is 15. The van der Waals surface area contributed by atoms with Crippen LogP contribution in [0.15, 0.2) is 112 Å². The Labute approximate surface area is 421 Å². The number of carbonyl (C=O) groups excluding carboxylic acids is 4. The van der Waals surface area contributed by atoms with Gasteiger partial charge in [0.15, 0.2) is 22.6 Å². The van der Waals surface area contributed by atoms with Gasteiger partial charge in [-0.15, -0.1) is 0 Å². The Morgan fingerprint density at radius 3 is 1.47 bits per heavy atom. The number of para-hydroxylation sites is 2. The molecule has 9 rings (SSSR count). The topological polar surface area (TPSA) is 190 Å². The number of hydrogen-bond acceptors (Lipinski definition) is 13. The van der Waals surface area contributed by atoms with Gasteiger partial charge in [0.05, 0.1) is 57.4 Å². The monoisotopic (exact) mass is 990 g/mol. The first-order valence-corrected chi connectivity index (χ1v) is 23.6. The lowest BCUT2D eigenvalue weighted by Gasteiger charge is -2.37. The molecule has 0 radical (unpaired) electrons. The summed E-state index contributed by atoms with van der Waals surface area (Å²) < 4.78 is 50.7. The second-order valence-corrected chi connectivity index (χ2v) is 17.1. The normalized spacial score (nSPS) is 17.2. The summed E-state index contributed by atoms with van der Waals surface area (Å²) in [5.74, 6) is 1.09. The van der Waals surface area contributed by atoms with Gasteiger partial charge < -0.3 is 62.4 Å². The molecule has 0 saturated heterocycles. The number of furan rings is 2. The molecule has 5 aromatic carbocycles. The van der Waals surface area contributed by atoms with Gasteiger partial charge in [0, 0.05) is 42.3 Å². The molecule has 2 unspecified atom stereocenters. The van der Waals surface area contributed by atoms with Crippen molar-refractivity contribution in [3.63, 3.8) is 0 Å². The van der Waals surface area contributed by atoms with Crippen LogP contribution in [-0.4, -0.2) is 120 Å². The van der Waals surface area contributed by atoms with Crippen LogP contribution in [0.4, 0.5) is 0 Å². The zero-order valence-corrected chi connectivity index (χ0v) is 42.2. The Bertz CT molecular complexity index is 3050. The van der Waals surface area contributed by atoms with Crippen LogP contribution in [0.2, 0.25) is 0 Å². The van der Waals surface area contributed by atoms with E-state index in [0.717, 1.165) is 16.3 Å². The van der Waals surface area contributed by atoms with Crippen LogP contribution in [0.25, 0.3) is 32.7 Å². The molecule has 17 nitrogen and oxygen atoms in total. The number of hydrogen-bond donors (Lipinski definition) is 2. The summed E-state index contributed by atoms with van der Waals surface area (Å²) in [6.07, 6.45) is 0. The molecule has 17 heteroatoms. The Morgan fingerprint density at radius 1 is 0.583 bits per heavy atom. The maximum Gasteiger partial charge on any atom is 0.294 e. The van der Waals surface area contributed by atoms with Crippen molar-refractivity contribution in [1.82, 2.24) is 20.4 Å². The van der Waals surface area contributed by atoms with Crippen molar-refractivity contribution in [2.75, 3.05) is 75.1 Å². The number of nitrogens with zero attached hydrogens (tertiary/aromatic N) is 2. The molecule has 2 aliphatic heterocycles. The van der Waals surface area contributed by atoms with Crippen LogP contribution in [0.3, 0.4) is 0 Å². The number of nitrogens with one attached hydrogen (secondary N) is 2. The van der Waals surface area contributed by atoms with E-state index < -0.39 is 22.9 Å². The molecule has 384 valence electrons. The number of ether oxygens (including phenoxy) is 7. The fourth-order valence-electron chi connectivity index (χ4n) is 8.75. The third-order valence-electron chi connectivity index (χ3n) is 12.7. The van der Waals surface area contributed by atoms with E-state index >= 15 is 0 Å². The molecule has 0 aliphatic carbocycles. The van der Waals surface area contributed by atoms with Gasteiger partial charge in [-0.05, 0) is 73.2 Å². The SMILES string of the molecule is CC.COCCN1C(=O)c2oc3ccccc3c2OCC1(C)C(=O)NCc1c(OC)cccc1OC.COCCN1C(=O)c2oc3ccccc3c2OCC1(C)C(=O)NCc1cc2ccccc2cc1OC.[HH].[HH]. The van der Waals surface area contributed by atoms with Crippen LogP contribution < -0.4 is 34.3 Å². The predicted octanol–water partition coefficient (Wildman–Crippen LogP) is 8.68. The molecule has 4 heterocycles. The van der Waals surface area contributed by atoms with Crippen LogP contribution in [-0.2, 0) is 32.2 Å². The largest absolute Gasteiger partial charge is 0.496 e. The number of methoxy groups -OCH3 is 5. The highest BCUT2D eigenvalue weighted by molar-refractivity contribution is 6.06. The lowest BCUT2D eigenvalue weighted by molar-refractivity contribution is -0.134. The second kappa shape index (κ2) is 23.0. The minimum Gasteiger partial charge on any atom is -0.496 e. The van der Waals surface area contributed by atoms with Crippen LogP contribution >= 0.6 is 0 Å². The van der Waals surface area contributed by atoms with Crippen molar-refractivity contribution in [3.05, 3.63) is 126 Å². The predicted molar refractivity (Wildman–Crippen MR) is 275 cm³/mol. The fraction of sp³-hybridized carbons (Fsp3) is 0.345. The average Bonchev–Trinajstić information content (AvgIpc) is 3.93. The summed E-state index contributed by atoms with van der Waals surface area (Å²) in [4.78, 5) is 57.4. The van der Waals surface area contributed by atoms with E-state index in [9.17, 15) is 19.2 Å². The molecule has 7 aromatic rings. The molecule has 0 spiro atoms. The number of fused-ring (bicyclic) bond motifs is 7. The summed E-state index contributed by atoms with van der Waals surface area (Å²) in [6.45, 7) is 8.49. The molecular weight excluding hydrogens is 925 g/mol. The van der Waals surface area contributed by atoms with E-state index in [1.807, 2.05) is 86.6 Å². The zero-order valence-electron chi connectivity index (χ0n) is 42.2. The third kappa shape index (κ3) is 10.2. The Morgan fingerprint density at radius 2 is 1.01 bits per heavy atom. The summed E-state index contributed by atoms with van der Waals surface area (Å²) in [5.41, 5.74) is -0.0135. The van der Waals surface area contributed by atoms with Gasteiger partial charge in [0.25, 0.3) is 11.8 Å². The van der Waals surface area contributed by atoms with E-state index in [1.54, 1.807) is 72.6 Å². The zero-order chi connectivity index (χ0) is 51.6. The Balaban J connectivity index is 0.000000259. The van der Waals surface area contributed by atoms with Crippen molar-refractivity contribution in [1.29, 1.82) is 0 Å². The molecule has 0 fully saturated rings. The first kappa shape index (κ1) is 52.1. The Kier molecular flexibility index (Phi) is 16.6. The second-order valence-electron chi connectivity index (χ2n) is 17.1. The van der Waals surface area contributed by atoms with E-state index in [0.29, 0.717) is 56.2 Å². The summed E-state index contributed by atoms with van der Waals surface area (Å²) in [7, 11) is 7.80. The number of carbonyl (C=O) groups is 4. The minimum atomic E-state index is -1.33. The van der Waals surface area contributed by atoms with Gasteiger partial charge in [-0.2, -0.15) is 0 Å². The molecule has 0 bridgehead atoms. The quantitative estimate of drug-likeness (QED) is 0.0994. The van der Waals surface area contributed by atoms with E-state index in [1.165, 1.54) is 16.9 Å². The Hall–Kier alpha value is -7.76. The molecule has 72 heavy (non-hydrogen) atoms. The molecule has 2 aromatic heterocycles. The summed E-state index contributed by atoms with van der Waals surface area (Å²) in [6, 6.07) is 31.8. The molecule has 2 atom stereocenters. The van der Waals surface area contributed by atoms with Gasteiger partial charge >= 0.3 is 0 Å². The summed E-state index contributed by atoms with van der Waals surface area (Å²) >= 11 is 0. The van der Waals surface area contributed by atoms with Crippen molar-refractivity contribution < 1.29 is 64.0 Å². The van der Waals surface area contributed by atoms with E-state index in [4.69, 9.17) is 42.0 Å². The van der Waals surface area contributed by atoms with Gasteiger partial charge in [0.2, 0.25) is 23.3 Å². The van der Waals surface area contributed by atoms with Gasteiger partial charge in [-0.3, -0.25) is 19.2 Å². The first-order chi connectivity index (χ1) is 34.9. The molecular formula is C55H66N4O13. The lowest BCUT2D eigenvalue weighted by Crippen LogP contribution is -2.61. The molecule has 4 amide bonds. The first-order valence-electron chi connectivity index (χ1n) is 23.6. The smallest absolute Gasteiger partial charge is 0.294 e. The van der Waals surface area contributed by atoms with Crippen molar-refractivity contribution in [2.45, 2.75) is 51.9 Å². The van der Waals surface area contributed by atoms with Gasteiger partial charge in [-0.25, -0.2) is 0 Å². The van der Waals surface area contributed by atoms with Gasteiger partial charge in [-0.1, -0.05) is 68.4 Å². The minimum absolute atomic E-state index is 0. The van der Waals surface area contributed by atoms with E-state index in [-0.39, 0.29) is 78.8 Å². The highest BCUT2D eigenvalue weighted by atomic mass is 16.5. The third-order valence-corrected chi connectivity index (χ3v) is 12.7. The number of benzene rings is 5. The van der Waals surface area contributed by atoms with E-state index in [2.05, 4.69) is 10.6 Å². The van der Waals surface area contributed by atoms with Crippen molar-refractivity contribution >= 4 is 56.3 Å². The maximum atomic E-state index is 13.7. The standard InChI is InChI=1S/C28H28N2O6.C25H28N2O7.C2H6.2H2/c1-28(27(32)29-16-20-14-18-8-4-5-9-19(18)15-23(20)34-3)17-35-24-21-10-6-7-11-22(21)36-25(24)26(31)30(28)12-13-33-2;1-25(24(29)26-14-17-18(31-3)10-7-11-19(17)32-4)15-33-21-16-8-5-6-9-20(16)34-22(21)23(28)27(25)12-13-30-2;1-2;;/h4-11,14-15H,12-13,16-17H2,1-3H3,(H,29,32);5-11H,12-15H2,1-4H3,(H,26,29);1-2H3;2*1H.